The second kappa shape index (κ2) is 8.83. The van der Waals surface area contributed by atoms with E-state index in [1.807, 2.05) is 36.4 Å². The zero-order valence-electron chi connectivity index (χ0n) is 14.2. The Morgan fingerprint density at radius 3 is 2.88 bits per heavy atom. The fourth-order valence-corrected chi connectivity index (χ4v) is 2.69. The van der Waals surface area contributed by atoms with Crippen molar-refractivity contribution in [3.8, 4) is 17.2 Å². The molecule has 2 heterocycles. The number of pyridine rings is 1. The summed E-state index contributed by atoms with van der Waals surface area (Å²) in [6, 6.07) is 15.9. The van der Waals surface area contributed by atoms with Gasteiger partial charge >= 0.3 is 0 Å². The summed E-state index contributed by atoms with van der Waals surface area (Å²) < 4.78 is 12.6. The monoisotopic (exact) mass is 400 g/mol. The SMILES string of the molecule is Cc1cc(-c2ccc(CNCCCOc3ccccn3)o2)ccc1Br. The summed E-state index contributed by atoms with van der Waals surface area (Å²) in [6.07, 6.45) is 2.64. The predicted molar refractivity (Wildman–Crippen MR) is 103 cm³/mol. The number of nitrogens with zero attached hydrogens (tertiary/aromatic N) is 1. The van der Waals surface area contributed by atoms with Crippen LogP contribution in [0.5, 0.6) is 5.88 Å². The maximum absolute atomic E-state index is 5.92. The molecule has 0 unspecified atom stereocenters. The van der Waals surface area contributed by atoms with Gasteiger partial charge in [-0.25, -0.2) is 4.98 Å². The maximum atomic E-state index is 5.92. The molecule has 1 N–H and O–H groups in total. The van der Waals surface area contributed by atoms with E-state index in [1.54, 1.807) is 6.20 Å². The van der Waals surface area contributed by atoms with Gasteiger partial charge in [0.25, 0.3) is 0 Å². The summed E-state index contributed by atoms with van der Waals surface area (Å²) in [6.45, 7) is 4.29. The van der Waals surface area contributed by atoms with Gasteiger partial charge in [0, 0.05) is 22.3 Å². The quantitative estimate of drug-likeness (QED) is 0.542. The Bertz CT molecular complexity index is 802. The first kappa shape index (κ1) is 17.7. The molecule has 4 nitrogen and oxygen atoms in total. The Hall–Kier alpha value is -2.11. The van der Waals surface area contributed by atoms with Crippen molar-refractivity contribution in [1.29, 1.82) is 0 Å². The van der Waals surface area contributed by atoms with Crippen molar-refractivity contribution in [1.82, 2.24) is 10.3 Å². The van der Waals surface area contributed by atoms with Crippen molar-refractivity contribution in [2.75, 3.05) is 13.2 Å². The third-order valence-corrected chi connectivity index (χ3v) is 4.68. The molecule has 0 radical (unpaired) electrons. The van der Waals surface area contributed by atoms with Gasteiger partial charge in [-0.05, 0) is 55.8 Å². The Balaban J connectivity index is 1.40. The first-order valence-electron chi connectivity index (χ1n) is 8.32. The van der Waals surface area contributed by atoms with Gasteiger partial charge < -0.3 is 14.5 Å². The first-order valence-corrected chi connectivity index (χ1v) is 9.11. The molecule has 0 aliphatic carbocycles. The molecule has 0 aliphatic rings. The highest BCUT2D eigenvalue weighted by Gasteiger charge is 2.06. The van der Waals surface area contributed by atoms with Crippen LogP contribution in [0.15, 0.2) is 63.6 Å². The second-order valence-electron chi connectivity index (χ2n) is 5.78. The van der Waals surface area contributed by atoms with Crippen molar-refractivity contribution in [2.24, 2.45) is 0 Å². The predicted octanol–water partition coefficient (Wildman–Crippen LogP) is 4.97. The highest BCUT2D eigenvalue weighted by Crippen LogP contribution is 2.26. The summed E-state index contributed by atoms with van der Waals surface area (Å²) in [5.74, 6) is 2.50. The van der Waals surface area contributed by atoms with Crippen LogP contribution in [0.1, 0.15) is 17.7 Å². The molecule has 0 saturated carbocycles. The minimum Gasteiger partial charge on any atom is -0.478 e. The Labute approximate surface area is 156 Å². The van der Waals surface area contributed by atoms with Crippen LogP contribution in [-0.4, -0.2) is 18.1 Å². The van der Waals surface area contributed by atoms with Gasteiger partial charge in [0.05, 0.1) is 13.2 Å². The fraction of sp³-hybridized carbons (Fsp3) is 0.250. The van der Waals surface area contributed by atoms with Gasteiger partial charge in [0.2, 0.25) is 5.88 Å². The van der Waals surface area contributed by atoms with Gasteiger partial charge in [-0.15, -0.1) is 0 Å². The lowest BCUT2D eigenvalue weighted by Gasteiger charge is -2.05. The third kappa shape index (κ3) is 5.18. The number of furan rings is 1. The van der Waals surface area contributed by atoms with Crippen LogP contribution < -0.4 is 10.1 Å². The molecule has 0 atom stereocenters. The number of hydrogen-bond acceptors (Lipinski definition) is 4. The molecular weight excluding hydrogens is 380 g/mol. The number of ether oxygens (including phenoxy) is 1. The second-order valence-corrected chi connectivity index (χ2v) is 6.63. The van der Waals surface area contributed by atoms with Crippen LogP contribution in [0, 0.1) is 6.92 Å². The Morgan fingerprint density at radius 2 is 2.08 bits per heavy atom. The molecular formula is C20H21BrN2O2. The highest BCUT2D eigenvalue weighted by molar-refractivity contribution is 9.10. The molecule has 0 fully saturated rings. The molecule has 3 aromatic rings. The lowest BCUT2D eigenvalue weighted by molar-refractivity contribution is 0.296. The molecule has 5 heteroatoms. The molecule has 0 saturated heterocycles. The van der Waals surface area contributed by atoms with Crippen molar-refractivity contribution >= 4 is 15.9 Å². The van der Waals surface area contributed by atoms with E-state index in [-0.39, 0.29) is 0 Å². The number of nitrogens with one attached hydrogen (secondary N) is 1. The molecule has 0 bridgehead atoms. The van der Waals surface area contributed by atoms with Gasteiger partial charge in [-0.2, -0.15) is 0 Å². The summed E-state index contributed by atoms with van der Waals surface area (Å²) in [7, 11) is 0. The number of halogens is 1. The minimum atomic E-state index is 0.644. The molecule has 0 amide bonds. The van der Waals surface area contributed by atoms with E-state index in [0.29, 0.717) is 19.0 Å². The molecule has 0 aliphatic heterocycles. The normalized spacial score (nSPS) is 10.8. The number of hydrogen-bond donors (Lipinski definition) is 1. The largest absolute Gasteiger partial charge is 0.478 e. The number of benzene rings is 1. The Kier molecular flexibility index (Phi) is 6.25. The van der Waals surface area contributed by atoms with Crippen LogP contribution in [-0.2, 0) is 6.54 Å². The van der Waals surface area contributed by atoms with E-state index < -0.39 is 0 Å². The van der Waals surface area contributed by atoms with Crippen LogP contribution in [0.2, 0.25) is 0 Å². The number of aromatic nitrogens is 1. The summed E-state index contributed by atoms with van der Waals surface area (Å²) in [4.78, 5) is 4.13. The average molecular weight is 401 g/mol. The van der Waals surface area contributed by atoms with Gasteiger partial charge in [-0.3, -0.25) is 0 Å². The van der Waals surface area contributed by atoms with Gasteiger partial charge in [0.15, 0.2) is 0 Å². The van der Waals surface area contributed by atoms with Crippen molar-refractivity contribution in [3.63, 3.8) is 0 Å². The van der Waals surface area contributed by atoms with Crippen molar-refractivity contribution in [3.05, 3.63) is 70.5 Å². The maximum Gasteiger partial charge on any atom is 0.213 e. The molecule has 3 rings (SSSR count). The molecule has 2 aromatic heterocycles. The zero-order chi connectivity index (χ0) is 17.5. The van der Waals surface area contributed by atoms with E-state index in [4.69, 9.17) is 9.15 Å². The van der Waals surface area contributed by atoms with Crippen LogP contribution in [0.3, 0.4) is 0 Å². The summed E-state index contributed by atoms with van der Waals surface area (Å²) >= 11 is 3.52. The smallest absolute Gasteiger partial charge is 0.213 e. The van der Waals surface area contributed by atoms with E-state index in [1.165, 1.54) is 5.56 Å². The lowest BCUT2D eigenvalue weighted by atomic mass is 10.1. The van der Waals surface area contributed by atoms with E-state index in [2.05, 4.69) is 45.3 Å². The number of rotatable bonds is 8. The average Bonchev–Trinajstić information content (AvgIpc) is 3.10. The summed E-state index contributed by atoms with van der Waals surface area (Å²) in [5.41, 5.74) is 2.29. The third-order valence-electron chi connectivity index (χ3n) is 3.79. The van der Waals surface area contributed by atoms with E-state index >= 15 is 0 Å². The molecule has 0 spiro atoms. The van der Waals surface area contributed by atoms with E-state index in [9.17, 15) is 0 Å². The van der Waals surface area contributed by atoms with Crippen LogP contribution >= 0.6 is 15.9 Å². The van der Waals surface area contributed by atoms with Crippen LogP contribution in [0.25, 0.3) is 11.3 Å². The summed E-state index contributed by atoms with van der Waals surface area (Å²) in [5, 5.41) is 3.37. The molecule has 130 valence electrons. The van der Waals surface area contributed by atoms with E-state index in [0.717, 1.165) is 34.5 Å². The lowest BCUT2D eigenvalue weighted by Crippen LogP contribution is -2.16. The zero-order valence-corrected chi connectivity index (χ0v) is 15.8. The topological polar surface area (TPSA) is 47.3 Å². The van der Waals surface area contributed by atoms with Gasteiger partial charge in [0.1, 0.15) is 11.5 Å². The minimum absolute atomic E-state index is 0.644. The molecule has 1 aromatic carbocycles. The first-order chi connectivity index (χ1) is 12.2. The van der Waals surface area contributed by atoms with Gasteiger partial charge in [-0.1, -0.05) is 28.1 Å². The number of aryl methyl sites for hydroxylation is 1. The standard InChI is InChI=1S/C20H21BrN2O2/c1-15-13-16(6-8-18(15)21)19-9-7-17(25-19)14-22-10-4-12-24-20-5-2-3-11-23-20/h2-3,5-9,11,13,22H,4,10,12,14H2,1H3. The Morgan fingerprint density at radius 1 is 1.16 bits per heavy atom. The van der Waals surface area contributed by atoms with Crippen molar-refractivity contribution < 1.29 is 9.15 Å². The molecule has 25 heavy (non-hydrogen) atoms. The van der Waals surface area contributed by atoms with Crippen LogP contribution in [0.4, 0.5) is 0 Å². The van der Waals surface area contributed by atoms with Crippen molar-refractivity contribution in [2.45, 2.75) is 19.9 Å². The highest BCUT2D eigenvalue weighted by atomic mass is 79.9. The fourth-order valence-electron chi connectivity index (χ4n) is 2.44.